The molecule has 0 radical (unpaired) electrons. The molecule has 0 bridgehead atoms. The van der Waals surface area contributed by atoms with Crippen molar-refractivity contribution in [3.8, 4) is 6.07 Å². The molecule has 0 aliphatic carbocycles. The Hall–Kier alpha value is -1.57. The molecule has 0 spiro atoms. The van der Waals surface area contributed by atoms with E-state index in [0.29, 0.717) is 6.42 Å². The number of amides is 1. The van der Waals surface area contributed by atoms with Crippen LogP contribution in [0.25, 0.3) is 0 Å². The van der Waals surface area contributed by atoms with Gasteiger partial charge in [-0.05, 0) is 5.92 Å². The normalized spacial score (nSPS) is 13.9. The molecule has 5 heteroatoms. The molecule has 0 fully saturated rings. The second kappa shape index (κ2) is 6.83. The summed E-state index contributed by atoms with van der Waals surface area (Å²) in [5.74, 6) is -1.59. The molecule has 0 aromatic rings. The number of nitrogens with one attached hydrogen (secondary N) is 1. The van der Waals surface area contributed by atoms with Crippen molar-refractivity contribution >= 4 is 11.9 Å². The summed E-state index contributed by atoms with van der Waals surface area (Å²) in [5, 5.41) is 19.9. The van der Waals surface area contributed by atoms with Crippen molar-refractivity contribution in [1.29, 1.82) is 5.26 Å². The maximum Gasteiger partial charge on any atom is 0.326 e. The van der Waals surface area contributed by atoms with Crippen LogP contribution in [0.1, 0.15) is 33.6 Å². The number of hydrogen-bond acceptors (Lipinski definition) is 3. The molecule has 1 amide bonds. The van der Waals surface area contributed by atoms with Gasteiger partial charge in [0.05, 0.1) is 6.07 Å². The van der Waals surface area contributed by atoms with Gasteiger partial charge < -0.3 is 10.4 Å². The fourth-order valence-corrected chi connectivity index (χ4v) is 1.31. The zero-order valence-electron chi connectivity index (χ0n) is 9.86. The van der Waals surface area contributed by atoms with E-state index in [4.69, 9.17) is 10.4 Å². The predicted octanol–water partition coefficient (Wildman–Crippen LogP) is 1.15. The van der Waals surface area contributed by atoms with E-state index in [2.05, 4.69) is 5.32 Å². The van der Waals surface area contributed by atoms with Crippen LogP contribution in [-0.2, 0) is 9.59 Å². The molecule has 0 aromatic carbocycles. The quantitative estimate of drug-likeness (QED) is 0.710. The van der Waals surface area contributed by atoms with Gasteiger partial charge in [-0.25, -0.2) is 4.79 Å². The summed E-state index contributed by atoms with van der Waals surface area (Å²) >= 11 is 0. The molecule has 0 aromatic heterocycles. The van der Waals surface area contributed by atoms with Gasteiger partial charge in [0.1, 0.15) is 6.04 Å². The lowest BCUT2D eigenvalue weighted by atomic mass is 9.98. The van der Waals surface area contributed by atoms with Crippen LogP contribution in [0.15, 0.2) is 0 Å². The third-order valence-corrected chi connectivity index (χ3v) is 2.16. The van der Waals surface area contributed by atoms with E-state index in [0.717, 1.165) is 0 Å². The van der Waals surface area contributed by atoms with Crippen molar-refractivity contribution in [2.45, 2.75) is 39.7 Å². The van der Waals surface area contributed by atoms with Gasteiger partial charge >= 0.3 is 5.97 Å². The molecule has 2 N–H and O–H groups in total. The summed E-state index contributed by atoms with van der Waals surface area (Å²) in [6.45, 7) is 5.40. The first-order valence-electron chi connectivity index (χ1n) is 5.27. The van der Waals surface area contributed by atoms with E-state index in [1.165, 1.54) is 0 Å². The number of carbonyl (C=O) groups is 2. The van der Waals surface area contributed by atoms with Crippen LogP contribution in [0, 0.1) is 23.2 Å². The summed E-state index contributed by atoms with van der Waals surface area (Å²) in [4.78, 5) is 22.3. The van der Waals surface area contributed by atoms with Gasteiger partial charge in [0.15, 0.2) is 0 Å². The highest BCUT2D eigenvalue weighted by atomic mass is 16.4. The smallest absolute Gasteiger partial charge is 0.326 e. The molecule has 0 saturated heterocycles. The number of aliphatic carboxylic acids is 1. The second-order valence-corrected chi connectivity index (χ2v) is 4.32. The maximum atomic E-state index is 11.4. The fraction of sp³-hybridized carbons (Fsp3) is 0.727. The molecule has 0 aliphatic rings. The molecule has 0 heterocycles. The summed E-state index contributed by atoms with van der Waals surface area (Å²) in [6.07, 6.45) is 0.405. The van der Waals surface area contributed by atoms with Gasteiger partial charge in [0.2, 0.25) is 5.91 Å². The Kier molecular flexibility index (Phi) is 6.16. The summed E-state index contributed by atoms with van der Waals surface area (Å²) in [5.41, 5.74) is 0. The van der Waals surface area contributed by atoms with E-state index in [-0.39, 0.29) is 18.2 Å². The molecular formula is C11H18N2O3. The first-order valence-corrected chi connectivity index (χ1v) is 5.27. The lowest BCUT2D eigenvalue weighted by Crippen LogP contribution is -2.45. The van der Waals surface area contributed by atoms with Crippen LogP contribution >= 0.6 is 0 Å². The highest BCUT2D eigenvalue weighted by Crippen LogP contribution is 2.09. The molecule has 0 unspecified atom stereocenters. The van der Waals surface area contributed by atoms with Gasteiger partial charge in [-0.3, -0.25) is 4.79 Å². The Morgan fingerprint density at radius 1 is 1.38 bits per heavy atom. The van der Waals surface area contributed by atoms with Gasteiger partial charge in [-0.2, -0.15) is 5.26 Å². The first-order chi connectivity index (χ1) is 7.38. The van der Waals surface area contributed by atoms with Gasteiger partial charge in [-0.1, -0.05) is 20.8 Å². The van der Waals surface area contributed by atoms with Crippen molar-refractivity contribution in [2.75, 3.05) is 0 Å². The monoisotopic (exact) mass is 226 g/mol. The Bertz CT molecular complexity index is 294. The van der Waals surface area contributed by atoms with Crippen LogP contribution in [-0.4, -0.2) is 23.0 Å². The standard InChI is InChI=1S/C11H18N2O3/c1-7(2)6-9(14)13-10(11(15)16)8(3)4-5-12/h7-8,10H,4,6H2,1-3H3,(H,13,14)(H,15,16)/t8-,10-/m1/s1. The Morgan fingerprint density at radius 3 is 2.31 bits per heavy atom. The van der Waals surface area contributed by atoms with Crippen LogP contribution in [0.2, 0.25) is 0 Å². The summed E-state index contributed by atoms with van der Waals surface area (Å²) < 4.78 is 0. The zero-order chi connectivity index (χ0) is 12.7. The maximum absolute atomic E-state index is 11.4. The van der Waals surface area contributed by atoms with Crippen LogP contribution < -0.4 is 5.32 Å². The first kappa shape index (κ1) is 14.4. The highest BCUT2D eigenvalue weighted by Gasteiger charge is 2.26. The number of rotatable bonds is 6. The Balaban J connectivity index is 4.40. The molecule has 0 rings (SSSR count). The second-order valence-electron chi connectivity index (χ2n) is 4.32. The molecule has 16 heavy (non-hydrogen) atoms. The van der Waals surface area contributed by atoms with E-state index < -0.39 is 17.9 Å². The number of carbonyl (C=O) groups excluding carboxylic acids is 1. The SMILES string of the molecule is CC(C)CC(=O)N[C@@H](C(=O)O)[C@H](C)CC#N. The number of carboxylic acids is 1. The minimum Gasteiger partial charge on any atom is -0.480 e. The van der Waals surface area contributed by atoms with Crippen molar-refractivity contribution < 1.29 is 14.7 Å². The third kappa shape index (κ3) is 5.35. The molecular weight excluding hydrogens is 208 g/mol. The Labute approximate surface area is 95.4 Å². The highest BCUT2D eigenvalue weighted by molar-refractivity contribution is 5.83. The number of hydrogen-bond donors (Lipinski definition) is 2. The van der Waals surface area contributed by atoms with Crippen molar-refractivity contribution in [3.05, 3.63) is 0 Å². The molecule has 5 nitrogen and oxygen atoms in total. The Morgan fingerprint density at radius 2 is 1.94 bits per heavy atom. The van der Waals surface area contributed by atoms with E-state index in [1.54, 1.807) is 6.92 Å². The number of nitriles is 1. The fourth-order valence-electron chi connectivity index (χ4n) is 1.31. The van der Waals surface area contributed by atoms with Gasteiger partial charge in [0.25, 0.3) is 0 Å². The zero-order valence-corrected chi connectivity index (χ0v) is 9.86. The minimum absolute atomic E-state index is 0.110. The van der Waals surface area contributed by atoms with E-state index in [1.807, 2.05) is 19.9 Å². The molecule has 2 atom stereocenters. The van der Waals surface area contributed by atoms with Crippen molar-refractivity contribution in [3.63, 3.8) is 0 Å². The van der Waals surface area contributed by atoms with Crippen LogP contribution in [0.3, 0.4) is 0 Å². The molecule has 90 valence electrons. The van der Waals surface area contributed by atoms with E-state index >= 15 is 0 Å². The average Bonchev–Trinajstić information content (AvgIpc) is 2.12. The van der Waals surface area contributed by atoms with Crippen molar-refractivity contribution in [2.24, 2.45) is 11.8 Å². The van der Waals surface area contributed by atoms with Crippen molar-refractivity contribution in [1.82, 2.24) is 5.32 Å². The minimum atomic E-state index is -1.10. The van der Waals surface area contributed by atoms with Gasteiger partial charge in [0, 0.05) is 18.8 Å². The van der Waals surface area contributed by atoms with Crippen LogP contribution in [0.5, 0.6) is 0 Å². The lowest BCUT2D eigenvalue weighted by Gasteiger charge is -2.19. The largest absolute Gasteiger partial charge is 0.480 e. The molecule has 0 saturated carbocycles. The van der Waals surface area contributed by atoms with E-state index in [9.17, 15) is 9.59 Å². The summed E-state index contributed by atoms with van der Waals surface area (Å²) in [6, 6.07) is 0.922. The van der Waals surface area contributed by atoms with Gasteiger partial charge in [-0.15, -0.1) is 0 Å². The lowest BCUT2D eigenvalue weighted by molar-refractivity contribution is -0.143. The predicted molar refractivity (Wildman–Crippen MR) is 58.4 cm³/mol. The third-order valence-electron chi connectivity index (χ3n) is 2.16. The number of carboxylic acid groups (broad SMARTS) is 1. The van der Waals surface area contributed by atoms with Crippen LogP contribution in [0.4, 0.5) is 0 Å². The average molecular weight is 226 g/mol. The molecule has 0 aliphatic heterocycles. The topological polar surface area (TPSA) is 90.2 Å². The summed E-state index contributed by atoms with van der Waals surface area (Å²) in [7, 11) is 0. The number of nitrogens with zero attached hydrogens (tertiary/aromatic N) is 1.